The lowest BCUT2D eigenvalue weighted by Crippen LogP contribution is -2.40. The first-order valence-corrected chi connectivity index (χ1v) is 9.49. The number of carbonyl (C=O) groups is 2. The molecule has 8 heteroatoms. The van der Waals surface area contributed by atoms with Crippen LogP contribution in [0.3, 0.4) is 0 Å². The Morgan fingerprint density at radius 2 is 1.93 bits per heavy atom. The van der Waals surface area contributed by atoms with Gasteiger partial charge in [-0.3, -0.25) is 9.59 Å². The minimum atomic E-state index is -0.234. The van der Waals surface area contributed by atoms with Gasteiger partial charge in [0.15, 0.2) is 11.5 Å². The van der Waals surface area contributed by atoms with Crippen molar-refractivity contribution >= 4 is 17.5 Å². The van der Waals surface area contributed by atoms with E-state index in [2.05, 4.69) is 10.3 Å². The maximum Gasteiger partial charge on any atom is 0.224 e. The van der Waals surface area contributed by atoms with Gasteiger partial charge in [0.05, 0.1) is 32.2 Å². The van der Waals surface area contributed by atoms with Crippen molar-refractivity contribution in [3.05, 3.63) is 42.1 Å². The quantitative estimate of drug-likeness (QED) is 0.770. The van der Waals surface area contributed by atoms with Crippen molar-refractivity contribution < 1.29 is 23.8 Å². The Balaban J connectivity index is 1.49. The number of carbonyl (C=O) groups excluding carboxylic acids is 2. The number of morpholine rings is 1. The number of aromatic nitrogens is 1. The normalized spacial score (nSPS) is 13.7. The molecule has 0 unspecified atom stereocenters. The molecule has 0 atom stereocenters. The van der Waals surface area contributed by atoms with Crippen LogP contribution < -0.4 is 14.8 Å². The monoisotopic (exact) mass is 399 g/mol. The first-order chi connectivity index (χ1) is 14.0. The van der Waals surface area contributed by atoms with Crippen molar-refractivity contribution in [3.8, 4) is 17.4 Å². The highest BCUT2D eigenvalue weighted by molar-refractivity contribution is 5.93. The van der Waals surface area contributed by atoms with Crippen molar-refractivity contribution in [2.45, 2.75) is 19.8 Å². The molecule has 3 rings (SSSR count). The van der Waals surface area contributed by atoms with Gasteiger partial charge in [0, 0.05) is 32.0 Å². The maximum absolute atomic E-state index is 12.1. The third-order valence-corrected chi connectivity index (χ3v) is 4.48. The van der Waals surface area contributed by atoms with E-state index in [-0.39, 0.29) is 24.7 Å². The number of ether oxygens (including phenoxy) is 3. The van der Waals surface area contributed by atoms with Gasteiger partial charge in [0.25, 0.3) is 0 Å². The second-order valence-electron chi connectivity index (χ2n) is 6.68. The molecular formula is C21H25N3O5. The lowest BCUT2D eigenvalue weighted by atomic mass is 10.2. The lowest BCUT2D eigenvalue weighted by Gasteiger charge is -2.26. The molecule has 0 bridgehead atoms. The lowest BCUT2D eigenvalue weighted by molar-refractivity contribution is -0.136. The summed E-state index contributed by atoms with van der Waals surface area (Å²) in [7, 11) is 1.58. The number of nitrogens with zero attached hydrogens (tertiary/aromatic N) is 2. The van der Waals surface area contributed by atoms with Crippen LogP contribution in [-0.2, 0) is 14.3 Å². The highest BCUT2D eigenvalue weighted by atomic mass is 16.5. The zero-order chi connectivity index (χ0) is 20.6. The van der Waals surface area contributed by atoms with E-state index in [9.17, 15) is 9.59 Å². The summed E-state index contributed by atoms with van der Waals surface area (Å²) in [5.74, 6) is 1.30. The molecule has 0 spiro atoms. The van der Waals surface area contributed by atoms with Crippen LogP contribution in [0.4, 0.5) is 5.69 Å². The number of amides is 2. The number of aryl methyl sites for hydroxylation is 1. The molecule has 2 amide bonds. The average Bonchev–Trinajstić information content (AvgIpc) is 2.75. The van der Waals surface area contributed by atoms with Crippen molar-refractivity contribution in [2.24, 2.45) is 0 Å². The SMILES string of the molecule is COc1cc(C)ccc1Oc1ccc(NC(=O)CCC(=O)N2CCOCC2)cn1. The summed E-state index contributed by atoms with van der Waals surface area (Å²) < 4.78 is 16.3. The van der Waals surface area contributed by atoms with Gasteiger partial charge in [-0.15, -0.1) is 0 Å². The van der Waals surface area contributed by atoms with Gasteiger partial charge in [-0.2, -0.15) is 0 Å². The summed E-state index contributed by atoms with van der Waals surface area (Å²) in [6.45, 7) is 4.23. The fourth-order valence-corrected chi connectivity index (χ4v) is 2.90. The first-order valence-electron chi connectivity index (χ1n) is 9.49. The van der Waals surface area contributed by atoms with E-state index in [1.807, 2.05) is 25.1 Å². The van der Waals surface area contributed by atoms with Crippen LogP contribution in [0.25, 0.3) is 0 Å². The van der Waals surface area contributed by atoms with Gasteiger partial charge >= 0.3 is 0 Å². The highest BCUT2D eigenvalue weighted by Crippen LogP contribution is 2.31. The number of nitrogens with one attached hydrogen (secondary N) is 1. The standard InChI is InChI=1S/C21H25N3O5/c1-15-3-5-17(18(13-15)27-2)29-20-7-4-16(14-22-20)23-19(25)6-8-21(26)24-9-11-28-12-10-24/h3-5,7,13-14H,6,8-12H2,1-2H3,(H,23,25). The van der Waals surface area contributed by atoms with E-state index in [0.717, 1.165) is 5.56 Å². The van der Waals surface area contributed by atoms with Gasteiger partial charge in [-0.1, -0.05) is 6.07 Å². The Labute approximate surface area is 169 Å². The summed E-state index contributed by atoms with van der Waals surface area (Å²) in [6.07, 6.45) is 1.81. The van der Waals surface area contributed by atoms with Gasteiger partial charge in [0.2, 0.25) is 17.7 Å². The number of methoxy groups -OCH3 is 1. The summed E-state index contributed by atoms with van der Waals surface area (Å²) in [5.41, 5.74) is 1.60. The van der Waals surface area contributed by atoms with Crippen molar-refractivity contribution in [1.29, 1.82) is 0 Å². The first kappa shape index (κ1) is 20.6. The van der Waals surface area contributed by atoms with Crippen LogP contribution in [0, 0.1) is 6.92 Å². The molecule has 1 aliphatic rings. The molecule has 1 aromatic carbocycles. The molecule has 8 nitrogen and oxygen atoms in total. The number of anilines is 1. The third-order valence-electron chi connectivity index (χ3n) is 4.48. The molecule has 1 N–H and O–H groups in total. The fraction of sp³-hybridized carbons (Fsp3) is 0.381. The Kier molecular flexibility index (Phi) is 7.02. The average molecular weight is 399 g/mol. The van der Waals surface area contributed by atoms with Crippen LogP contribution in [0.5, 0.6) is 17.4 Å². The van der Waals surface area contributed by atoms with E-state index in [4.69, 9.17) is 14.2 Å². The van der Waals surface area contributed by atoms with Gasteiger partial charge in [-0.05, 0) is 30.7 Å². The van der Waals surface area contributed by atoms with Crippen LogP contribution in [0.2, 0.25) is 0 Å². The van der Waals surface area contributed by atoms with E-state index in [0.29, 0.717) is 49.4 Å². The zero-order valence-electron chi connectivity index (χ0n) is 16.6. The summed E-state index contributed by atoms with van der Waals surface area (Å²) in [6, 6.07) is 8.97. The molecule has 1 aromatic heterocycles. The van der Waals surface area contributed by atoms with Crippen LogP contribution >= 0.6 is 0 Å². The Hall–Kier alpha value is -3.13. The molecular weight excluding hydrogens is 374 g/mol. The van der Waals surface area contributed by atoms with E-state index >= 15 is 0 Å². The van der Waals surface area contributed by atoms with Crippen molar-refractivity contribution in [1.82, 2.24) is 9.88 Å². The molecule has 0 aliphatic carbocycles. The molecule has 0 radical (unpaired) electrons. The number of pyridine rings is 1. The van der Waals surface area contributed by atoms with E-state index in [1.165, 1.54) is 6.20 Å². The van der Waals surface area contributed by atoms with Crippen molar-refractivity contribution in [3.63, 3.8) is 0 Å². The second-order valence-corrected chi connectivity index (χ2v) is 6.68. The smallest absolute Gasteiger partial charge is 0.224 e. The molecule has 29 heavy (non-hydrogen) atoms. The molecule has 1 fully saturated rings. The largest absolute Gasteiger partial charge is 0.493 e. The van der Waals surface area contributed by atoms with Gasteiger partial charge in [0.1, 0.15) is 0 Å². The van der Waals surface area contributed by atoms with E-state index in [1.54, 1.807) is 24.1 Å². The maximum atomic E-state index is 12.1. The number of benzene rings is 1. The van der Waals surface area contributed by atoms with E-state index < -0.39 is 0 Å². The predicted octanol–water partition coefficient (Wildman–Crippen LogP) is 2.77. The summed E-state index contributed by atoms with van der Waals surface area (Å²) in [4.78, 5) is 30.1. The molecule has 0 saturated carbocycles. The molecule has 2 heterocycles. The minimum absolute atomic E-state index is 0.0302. The third kappa shape index (κ3) is 5.92. The second kappa shape index (κ2) is 9.88. The molecule has 1 aliphatic heterocycles. The van der Waals surface area contributed by atoms with Crippen LogP contribution in [-0.4, -0.2) is 55.1 Å². The Bertz CT molecular complexity index is 848. The van der Waals surface area contributed by atoms with Crippen LogP contribution in [0.15, 0.2) is 36.5 Å². The molecule has 1 saturated heterocycles. The number of hydrogen-bond donors (Lipinski definition) is 1. The molecule has 2 aromatic rings. The minimum Gasteiger partial charge on any atom is -0.493 e. The van der Waals surface area contributed by atoms with Gasteiger partial charge < -0.3 is 24.4 Å². The van der Waals surface area contributed by atoms with Gasteiger partial charge in [-0.25, -0.2) is 4.98 Å². The van der Waals surface area contributed by atoms with Crippen LogP contribution in [0.1, 0.15) is 18.4 Å². The fourth-order valence-electron chi connectivity index (χ4n) is 2.90. The predicted molar refractivity (Wildman–Crippen MR) is 107 cm³/mol. The number of hydrogen-bond acceptors (Lipinski definition) is 6. The highest BCUT2D eigenvalue weighted by Gasteiger charge is 2.17. The summed E-state index contributed by atoms with van der Waals surface area (Å²) in [5, 5.41) is 2.74. The zero-order valence-corrected chi connectivity index (χ0v) is 16.6. The Morgan fingerprint density at radius 3 is 2.62 bits per heavy atom. The number of rotatable bonds is 7. The Morgan fingerprint density at radius 1 is 1.14 bits per heavy atom. The topological polar surface area (TPSA) is 90.0 Å². The van der Waals surface area contributed by atoms with Crippen molar-refractivity contribution in [2.75, 3.05) is 38.7 Å². The summed E-state index contributed by atoms with van der Waals surface area (Å²) >= 11 is 0. The molecule has 154 valence electrons.